The maximum atomic E-state index is 13.1. The summed E-state index contributed by atoms with van der Waals surface area (Å²) in [6.45, 7) is 8.29. The molecule has 3 amide bonds. The number of piperazine rings is 1. The highest BCUT2D eigenvalue weighted by Crippen LogP contribution is 2.24. The highest BCUT2D eigenvalue weighted by molar-refractivity contribution is 5.83. The summed E-state index contributed by atoms with van der Waals surface area (Å²) in [6, 6.07) is 0.387. The van der Waals surface area contributed by atoms with Gasteiger partial charge in [0.25, 0.3) is 0 Å². The van der Waals surface area contributed by atoms with Crippen molar-refractivity contribution < 1.29 is 14.3 Å². The Morgan fingerprint density at radius 2 is 1.85 bits per heavy atom. The monoisotopic (exact) mass is 366 g/mol. The number of urea groups is 1. The summed E-state index contributed by atoms with van der Waals surface area (Å²) < 4.78 is 5.45. The third-order valence-corrected chi connectivity index (χ3v) is 5.93. The van der Waals surface area contributed by atoms with Gasteiger partial charge in [-0.05, 0) is 32.1 Å². The van der Waals surface area contributed by atoms with Gasteiger partial charge in [-0.15, -0.1) is 0 Å². The molecule has 3 fully saturated rings. The van der Waals surface area contributed by atoms with Gasteiger partial charge in [0.2, 0.25) is 5.91 Å². The van der Waals surface area contributed by atoms with Gasteiger partial charge in [0, 0.05) is 58.5 Å². The minimum absolute atomic E-state index is 0.00287. The number of unbranched alkanes of at least 4 members (excludes halogenated alkanes) is 1. The number of rotatable bonds is 5. The average molecular weight is 367 g/mol. The van der Waals surface area contributed by atoms with E-state index in [0.29, 0.717) is 25.0 Å². The van der Waals surface area contributed by atoms with Crippen molar-refractivity contribution in [2.75, 3.05) is 52.5 Å². The SMILES string of the molecule is CCCCNC(=O)N1CCN([C@@H]2CCCN(C3CCOCC3)C2=O)CC1. The topological polar surface area (TPSA) is 65.1 Å². The molecule has 1 N–H and O–H groups in total. The molecule has 0 aromatic carbocycles. The Morgan fingerprint density at radius 3 is 2.54 bits per heavy atom. The lowest BCUT2D eigenvalue weighted by atomic mass is 9.97. The van der Waals surface area contributed by atoms with E-state index in [-0.39, 0.29) is 12.1 Å². The zero-order valence-corrected chi connectivity index (χ0v) is 16.1. The van der Waals surface area contributed by atoms with Gasteiger partial charge in [-0.25, -0.2) is 4.79 Å². The second-order valence-electron chi connectivity index (χ2n) is 7.64. The number of hydrogen-bond donors (Lipinski definition) is 1. The van der Waals surface area contributed by atoms with Crippen LogP contribution in [0.15, 0.2) is 0 Å². The molecule has 3 aliphatic heterocycles. The number of carbonyl (C=O) groups excluding carboxylic acids is 2. The fraction of sp³-hybridized carbons (Fsp3) is 0.895. The number of likely N-dealkylation sites (tertiary alicyclic amines) is 1. The van der Waals surface area contributed by atoms with E-state index in [0.717, 1.165) is 77.9 Å². The molecule has 148 valence electrons. The first kappa shape index (κ1) is 19.4. The first-order valence-corrected chi connectivity index (χ1v) is 10.4. The first-order valence-electron chi connectivity index (χ1n) is 10.4. The van der Waals surface area contributed by atoms with Gasteiger partial charge in [-0.3, -0.25) is 9.69 Å². The minimum Gasteiger partial charge on any atom is -0.381 e. The molecule has 3 saturated heterocycles. The standard InChI is InChI=1S/C19H34N4O3/c1-2-3-8-20-19(25)22-12-10-21(11-13-22)17-5-4-9-23(18(17)24)16-6-14-26-15-7-16/h16-17H,2-15H2,1H3,(H,20,25)/t17-/m1/s1. The van der Waals surface area contributed by atoms with Crippen LogP contribution >= 0.6 is 0 Å². The summed E-state index contributed by atoms with van der Waals surface area (Å²) in [6.07, 6.45) is 6.05. The summed E-state index contributed by atoms with van der Waals surface area (Å²) in [7, 11) is 0. The van der Waals surface area contributed by atoms with Crippen molar-refractivity contribution in [1.82, 2.24) is 20.0 Å². The number of nitrogens with one attached hydrogen (secondary N) is 1. The van der Waals surface area contributed by atoms with E-state index in [1.165, 1.54) is 0 Å². The van der Waals surface area contributed by atoms with Crippen LogP contribution in [0.3, 0.4) is 0 Å². The van der Waals surface area contributed by atoms with E-state index in [2.05, 4.69) is 22.0 Å². The van der Waals surface area contributed by atoms with Crippen LogP contribution in [0.4, 0.5) is 4.79 Å². The molecule has 0 radical (unpaired) electrons. The Hall–Kier alpha value is -1.34. The second-order valence-corrected chi connectivity index (χ2v) is 7.64. The van der Waals surface area contributed by atoms with Crippen molar-refractivity contribution in [2.45, 2.75) is 57.5 Å². The third-order valence-electron chi connectivity index (χ3n) is 5.93. The molecule has 0 unspecified atom stereocenters. The first-order chi connectivity index (χ1) is 12.7. The quantitative estimate of drug-likeness (QED) is 0.745. The van der Waals surface area contributed by atoms with Crippen molar-refractivity contribution in [3.8, 4) is 0 Å². The van der Waals surface area contributed by atoms with E-state index in [4.69, 9.17) is 4.74 Å². The van der Waals surface area contributed by atoms with Crippen LogP contribution < -0.4 is 5.32 Å². The summed E-state index contributed by atoms with van der Waals surface area (Å²) >= 11 is 0. The Morgan fingerprint density at radius 1 is 1.12 bits per heavy atom. The van der Waals surface area contributed by atoms with Gasteiger partial charge in [-0.1, -0.05) is 13.3 Å². The fourth-order valence-corrected chi connectivity index (χ4v) is 4.30. The number of carbonyl (C=O) groups is 2. The van der Waals surface area contributed by atoms with Crippen LogP contribution in [0.2, 0.25) is 0 Å². The summed E-state index contributed by atoms with van der Waals surface area (Å²) in [5, 5.41) is 2.99. The molecule has 0 aromatic heterocycles. The zero-order chi connectivity index (χ0) is 18.4. The Bertz CT molecular complexity index is 473. The Labute approximate surface area is 157 Å². The molecule has 0 spiro atoms. The second kappa shape index (κ2) is 9.55. The Kier molecular flexibility index (Phi) is 7.14. The van der Waals surface area contributed by atoms with Crippen LogP contribution in [0.25, 0.3) is 0 Å². The lowest BCUT2D eigenvalue weighted by Gasteiger charge is -2.45. The van der Waals surface area contributed by atoms with Crippen LogP contribution in [-0.4, -0.2) is 91.2 Å². The smallest absolute Gasteiger partial charge is 0.317 e. The van der Waals surface area contributed by atoms with Crippen LogP contribution in [0.1, 0.15) is 45.4 Å². The maximum absolute atomic E-state index is 13.1. The van der Waals surface area contributed by atoms with Crippen LogP contribution in [-0.2, 0) is 9.53 Å². The Balaban J connectivity index is 1.48. The number of piperidine rings is 1. The predicted molar refractivity (Wildman–Crippen MR) is 100 cm³/mol. The van der Waals surface area contributed by atoms with Gasteiger partial charge < -0.3 is 19.9 Å². The highest BCUT2D eigenvalue weighted by atomic mass is 16.5. The number of amides is 3. The van der Waals surface area contributed by atoms with Crippen molar-refractivity contribution in [3.05, 3.63) is 0 Å². The molecule has 3 rings (SSSR count). The average Bonchev–Trinajstić information content (AvgIpc) is 2.69. The van der Waals surface area contributed by atoms with Gasteiger partial charge >= 0.3 is 6.03 Å². The zero-order valence-electron chi connectivity index (χ0n) is 16.1. The van der Waals surface area contributed by atoms with Crippen molar-refractivity contribution in [2.24, 2.45) is 0 Å². The summed E-state index contributed by atoms with van der Waals surface area (Å²) in [4.78, 5) is 31.5. The third kappa shape index (κ3) is 4.68. The van der Waals surface area contributed by atoms with Gasteiger partial charge in [0.05, 0.1) is 6.04 Å². The molecule has 7 heteroatoms. The molecule has 0 saturated carbocycles. The van der Waals surface area contributed by atoms with Crippen molar-refractivity contribution in [3.63, 3.8) is 0 Å². The normalized spacial score (nSPS) is 26.2. The highest BCUT2D eigenvalue weighted by Gasteiger charge is 2.38. The summed E-state index contributed by atoms with van der Waals surface area (Å²) in [5.41, 5.74) is 0. The largest absolute Gasteiger partial charge is 0.381 e. The lowest BCUT2D eigenvalue weighted by molar-refractivity contribution is -0.145. The fourth-order valence-electron chi connectivity index (χ4n) is 4.30. The lowest BCUT2D eigenvalue weighted by Crippen LogP contribution is -2.60. The van der Waals surface area contributed by atoms with Gasteiger partial charge in [0.15, 0.2) is 0 Å². The van der Waals surface area contributed by atoms with E-state index in [1.807, 2.05) is 4.90 Å². The number of nitrogens with zero attached hydrogens (tertiary/aromatic N) is 3. The molecule has 0 aromatic rings. The van der Waals surface area contributed by atoms with E-state index in [1.54, 1.807) is 0 Å². The predicted octanol–water partition coefficient (Wildman–Crippen LogP) is 1.28. The van der Waals surface area contributed by atoms with Gasteiger partial charge in [-0.2, -0.15) is 0 Å². The molecule has 1 atom stereocenters. The van der Waals surface area contributed by atoms with Crippen molar-refractivity contribution >= 4 is 11.9 Å². The maximum Gasteiger partial charge on any atom is 0.317 e. The minimum atomic E-state index is -0.00287. The van der Waals surface area contributed by atoms with Crippen LogP contribution in [0, 0.1) is 0 Å². The van der Waals surface area contributed by atoms with E-state index in [9.17, 15) is 9.59 Å². The molecular formula is C19H34N4O3. The summed E-state index contributed by atoms with van der Waals surface area (Å²) in [5.74, 6) is 0.295. The van der Waals surface area contributed by atoms with Crippen molar-refractivity contribution in [1.29, 1.82) is 0 Å². The molecule has 3 heterocycles. The van der Waals surface area contributed by atoms with Gasteiger partial charge in [0.1, 0.15) is 0 Å². The molecule has 3 aliphatic rings. The molecule has 7 nitrogen and oxygen atoms in total. The number of hydrogen-bond acceptors (Lipinski definition) is 4. The molecule has 26 heavy (non-hydrogen) atoms. The molecule has 0 aliphatic carbocycles. The van der Waals surface area contributed by atoms with E-state index >= 15 is 0 Å². The molecular weight excluding hydrogens is 332 g/mol. The van der Waals surface area contributed by atoms with Crippen LogP contribution in [0.5, 0.6) is 0 Å². The van der Waals surface area contributed by atoms with E-state index < -0.39 is 0 Å². The number of ether oxygens (including phenoxy) is 1. The molecule has 0 bridgehead atoms.